The molecular formula is C9H11N3O7P-. The molecule has 0 amide bonds. The van der Waals surface area contributed by atoms with Crippen LogP contribution in [0.3, 0.4) is 0 Å². The zero-order chi connectivity index (χ0) is 14.5. The number of hydrogen-bond acceptors (Lipinski definition) is 9. The molecule has 110 valence electrons. The largest absolute Gasteiger partial charge is 0.756 e. The number of nitrogens with zero attached hydrogens (tertiary/aromatic N) is 2. The Morgan fingerprint density at radius 2 is 2.20 bits per heavy atom. The highest BCUT2D eigenvalue weighted by molar-refractivity contribution is 7.46. The molecule has 2 saturated heterocycles. The Morgan fingerprint density at radius 3 is 2.85 bits per heavy atom. The quantitative estimate of drug-likeness (QED) is 0.589. The van der Waals surface area contributed by atoms with Crippen molar-refractivity contribution in [2.75, 3.05) is 12.3 Å². The Hall–Kier alpha value is -1.29. The van der Waals surface area contributed by atoms with Crippen LogP contribution in [0.15, 0.2) is 17.1 Å². The minimum atomic E-state index is -4.46. The zero-order valence-corrected chi connectivity index (χ0v) is 10.9. The summed E-state index contributed by atoms with van der Waals surface area (Å²) in [5.74, 6) is 0.0255. The van der Waals surface area contributed by atoms with E-state index >= 15 is 0 Å². The van der Waals surface area contributed by atoms with Crippen LogP contribution in [0.5, 0.6) is 0 Å². The van der Waals surface area contributed by atoms with E-state index in [-0.39, 0.29) is 5.82 Å². The summed E-state index contributed by atoms with van der Waals surface area (Å²) in [5.41, 5.74) is 4.65. The topological polar surface area (TPSA) is 149 Å². The van der Waals surface area contributed by atoms with Crippen LogP contribution in [-0.4, -0.2) is 39.6 Å². The number of ether oxygens (including phenoxy) is 1. The van der Waals surface area contributed by atoms with Crippen molar-refractivity contribution in [2.45, 2.75) is 24.5 Å². The van der Waals surface area contributed by atoms with E-state index in [1.165, 1.54) is 12.3 Å². The summed E-state index contributed by atoms with van der Waals surface area (Å²) in [6, 6.07) is 1.36. The highest BCUT2D eigenvalue weighted by Gasteiger charge is 2.54. The molecule has 0 spiro atoms. The second-order valence-corrected chi connectivity index (χ2v) is 5.69. The molecule has 0 aliphatic carbocycles. The van der Waals surface area contributed by atoms with E-state index in [1.54, 1.807) is 0 Å². The summed E-state index contributed by atoms with van der Waals surface area (Å²) in [5, 5.41) is 9.19. The van der Waals surface area contributed by atoms with Crippen molar-refractivity contribution in [3.8, 4) is 0 Å². The van der Waals surface area contributed by atoms with Crippen molar-refractivity contribution >= 4 is 13.6 Å². The van der Waals surface area contributed by atoms with Gasteiger partial charge in [0, 0.05) is 6.20 Å². The molecule has 1 unspecified atom stereocenters. The number of phosphoric acid groups is 1. The molecule has 2 aliphatic heterocycles. The van der Waals surface area contributed by atoms with E-state index in [1.807, 2.05) is 0 Å². The minimum Gasteiger partial charge on any atom is -0.756 e. The van der Waals surface area contributed by atoms with Gasteiger partial charge in [-0.2, -0.15) is 4.98 Å². The van der Waals surface area contributed by atoms with Crippen LogP contribution in [0.1, 0.15) is 6.23 Å². The van der Waals surface area contributed by atoms with Crippen LogP contribution in [0.25, 0.3) is 0 Å². The standard InChI is InChI=1S/C9H12N3O7P/c10-5-1-2-12(9(14)11-5)8-7-6(4(3-13)17-8)18-20(15,16)19-7/h1-2,4,6-8,13H,3H2,(H,15,16)(H2,10,11,14)/p-1/t4-,6+,7+,8-/m0/s1. The average Bonchev–Trinajstić information content (AvgIpc) is 2.83. The van der Waals surface area contributed by atoms with Gasteiger partial charge in [-0.05, 0) is 6.07 Å². The maximum atomic E-state index is 11.8. The minimum absolute atomic E-state index is 0.0255. The van der Waals surface area contributed by atoms with Gasteiger partial charge in [-0.15, -0.1) is 0 Å². The second kappa shape index (κ2) is 4.62. The first-order valence-electron chi connectivity index (χ1n) is 5.70. The predicted molar refractivity (Wildman–Crippen MR) is 61.3 cm³/mol. The van der Waals surface area contributed by atoms with Gasteiger partial charge in [-0.1, -0.05) is 0 Å². The monoisotopic (exact) mass is 304 g/mol. The van der Waals surface area contributed by atoms with Gasteiger partial charge in [0.2, 0.25) is 0 Å². The first-order valence-corrected chi connectivity index (χ1v) is 7.16. The van der Waals surface area contributed by atoms with E-state index < -0.39 is 44.7 Å². The smallest absolute Gasteiger partial charge is 0.351 e. The molecule has 2 fully saturated rings. The molecule has 5 atom stereocenters. The lowest BCUT2D eigenvalue weighted by Gasteiger charge is -2.22. The highest BCUT2D eigenvalue weighted by Crippen LogP contribution is 2.55. The van der Waals surface area contributed by atoms with Crippen molar-refractivity contribution in [3.05, 3.63) is 22.7 Å². The lowest BCUT2D eigenvalue weighted by atomic mass is 10.1. The third-order valence-electron chi connectivity index (χ3n) is 3.09. The lowest BCUT2D eigenvalue weighted by molar-refractivity contribution is -0.222. The molecule has 0 radical (unpaired) electrons. The highest BCUT2D eigenvalue weighted by atomic mass is 31.2. The molecule has 10 nitrogen and oxygen atoms in total. The number of nitrogen functional groups attached to an aromatic ring is 1. The Bertz CT molecular complexity index is 634. The maximum Gasteiger partial charge on any atom is 0.351 e. The van der Waals surface area contributed by atoms with E-state index in [0.29, 0.717) is 0 Å². The number of fused-ring (bicyclic) bond motifs is 1. The summed E-state index contributed by atoms with van der Waals surface area (Å²) in [7, 11) is -4.46. The van der Waals surface area contributed by atoms with E-state index in [9.17, 15) is 19.4 Å². The summed E-state index contributed by atoms with van der Waals surface area (Å²) in [6.45, 7) is -0.474. The number of phosphoric ester groups is 1. The van der Waals surface area contributed by atoms with E-state index in [2.05, 4.69) is 4.98 Å². The maximum absolute atomic E-state index is 11.8. The van der Waals surface area contributed by atoms with Crippen LogP contribution >= 0.6 is 7.82 Å². The van der Waals surface area contributed by atoms with Crippen LogP contribution < -0.4 is 16.3 Å². The summed E-state index contributed by atoms with van der Waals surface area (Å²) in [4.78, 5) is 26.6. The molecule has 2 aliphatic rings. The molecule has 3 N–H and O–H groups in total. The molecule has 0 saturated carbocycles. The number of aliphatic hydroxyl groups is 1. The lowest BCUT2D eigenvalue weighted by Crippen LogP contribution is -2.34. The van der Waals surface area contributed by atoms with E-state index in [0.717, 1.165) is 4.57 Å². The number of aromatic nitrogens is 2. The van der Waals surface area contributed by atoms with Crippen LogP contribution in [0.2, 0.25) is 0 Å². The molecule has 11 heteroatoms. The second-order valence-electron chi connectivity index (χ2n) is 4.38. The van der Waals surface area contributed by atoms with Gasteiger partial charge in [-0.25, -0.2) is 4.79 Å². The fourth-order valence-corrected chi connectivity index (χ4v) is 3.39. The number of hydrogen-bond donors (Lipinski definition) is 2. The molecular weight excluding hydrogens is 293 g/mol. The SMILES string of the molecule is Nc1ccn([C@H]2O[C@@H](CO)[C@H]3OP(=O)([O-])O[C@H]32)c(=O)n1. The normalized spacial score (nSPS) is 39.9. The molecule has 1 aromatic rings. The van der Waals surface area contributed by atoms with Crippen molar-refractivity contribution in [2.24, 2.45) is 0 Å². The van der Waals surface area contributed by atoms with Gasteiger partial charge in [0.1, 0.15) is 24.1 Å². The summed E-state index contributed by atoms with van der Waals surface area (Å²) < 4.78 is 27.3. The van der Waals surface area contributed by atoms with Crippen molar-refractivity contribution in [3.63, 3.8) is 0 Å². The van der Waals surface area contributed by atoms with Crippen molar-refractivity contribution in [1.82, 2.24) is 9.55 Å². The molecule has 0 aromatic carbocycles. The van der Waals surface area contributed by atoms with Gasteiger partial charge >= 0.3 is 5.69 Å². The third-order valence-corrected chi connectivity index (χ3v) is 4.10. The molecule has 1 aromatic heterocycles. The Morgan fingerprint density at radius 1 is 1.50 bits per heavy atom. The fraction of sp³-hybridized carbons (Fsp3) is 0.556. The number of rotatable bonds is 2. The fourth-order valence-electron chi connectivity index (χ4n) is 2.26. The number of aliphatic hydroxyl groups excluding tert-OH is 1. The first kappa shape index (κ1) is 13.7. The molecule has 0 bridgehead atoms. The predicted octanol–water partition coefficient (Wildman–Crippen LogP) is -2.03. The van der Waals surface area contributed by atoms with Gasteiger partial charge in [0.15, 0.2) is 6.23 Å². The van der Waals surface area contributed by atoms with Crippen molar-refractivity contribution < 1.29 is 28.3 Å². The third kappa shape index (κ3) is 2.16. The van der Waals surface area contributed by atoms with Crippen molar-refractivity contribution in [1.29, 1.82) is 0 Å². The summed E-state index contributed by atoms with van der Waals surface area (Å²) >= 11 is 0. The van der Waals surface area contributed by atoms with Gasteiger partial charge in [0.25, 0.3) is 7.82 Å². The molecule has 3 heterocycles. The van der Waals surface area contributed by atoms with Gasteiger partial charge < -0.3 is 29.5 Å². The molecule has 20 heavy (non-hydrogen) atoms. The molecule has 3 rings (SSSR count). The number of anilines is 1. The Kier molecular flexibility index (Phi) is 3.16. The average molecular weight is 304 g/mol. The summed E-state index contributed by atoms with van der Waals surface area (Å²) in [6.07, 6.45) is -2.73. The zero-order valence-electron chi connectivity index (χ0n) is 9.99. The Balaban J connectivity index is 1.98. The van der Waals surface area contributed by atoms with Crippen LogP contribution in [-0.2, 0) is 18.3 Å². The number of nitrogens with two attached hydrogens (primary N) is 1. The van der Waals surface area contributed by atoms with Crippen LogP contribution in [0.4, 0.5) is 5.82 Å². The Labute approximate surface area is 112 Å². The van der Waals surface area contributed by atoms with Crippen LogP contribution in [0, 0.1) is 0 Å². The van der Waals surface area contributed by atoms with E-state index in [4.69, 9.17) is 19.5 Å². The first-order chi connectivity index (χ1) is 9.41. The van der Waals surface area contributed by atoms with Gasteiger partial charge in [-0.3, -0.25) is 9.13 Å². The van der Waals surface area contributed by atoms with Gasteiger partial charge in [0.05, 0.1) is 6.61 Å².